The molecule has 3 aromatic rings. The van der Waals surface area contributed by atoms with Crippen molar-refractivity contribution in [2.45, 2.75) is 6.10 Å². The number of nitrogens with two attached hydrogens (primary N) is 1. The number of anilines is 1. The van der Waals surface area contributed by atoms with Crippen LogP contribution >= 0.6 is 0 Å². The molecule has 148 valence electrons. The Kier molecular flexibility index (Phi) is 4.36. The van der Waals surface area contributed by atoms with Gasteiger partial charge >= 0.3 is 0 Å². The second kappa shape index (κ2) is 7.17. The summed E-state index contributed by atoms with van der Waals surface area (Å²) < 4.78 is 17.0. The zero-order valence-electron chi connectivity index (χ0n) is 15.6. The molecule has 9 heteroatoms. The maximum Gasteiger partial charge on any atom is 0.254 e. The summed E-state index contributed by atoms with van der Waals surface area (Å²) in [5.74, 6) is 1.56. The van der Waals surface area contributed by atoms with Crippen LogP contribution in [0.1, 0.15) is 22.2 Å². The first kappa shape index (κ1) is 17.6. The summed E-state index contributed by atoms with van der Waals surface area (Å²) in [6.07, 6.45) is 1.04. The Labute approximate surface area is 166 Å². The van der Waals surface area contributed by atoms with Gasteiger partial charge in [0, 0.05) is 12.1 Å². The van der Waals surface area contributed by atoms with Crippen molar-refractivity contribution in [1.29, 1.82) is 0 Å². The minimum absolute atomic E-state index is 0.0809. The van der Waals surface area contributed by atoms with Crippen LogP contribution in [0.2, 0.25) is 0 Å². The van der Waals surface area contributed by atoms with Gasteiger partial charge in [0.1, 0.15) is 31.5 Å². The number of amides is 1. The molecule has 2 aromatic heterocycles. The van der Waals surface area contributed by atoms with E-state index < -0.39 is 0 Å². The van der Waals surface area contributed by atoms with Gasteiger partial charge in [-0.05, 0) is 30.3 Å². The molecule has 0 unspecified atom stereocenters. The smallest absolute Gasteiger partial charge is 0.254 e. The quantitative estimate of drug-likeness (QED) is 0.698. The van der Waals surface area contributed by atoms with Crippen LogP contribution in [0.25, 0.3) is 11.0 Å². The lowest BCUT2D eigenvalue weighted by atomic mass is 10.1. The summed E-state index contributed by atoms with van der Waals surface area (Å²) in [6.45, 7) is 2.32. The Morgan fingerprint density at radius 2 is 1.93 bits per heavy atom. The molecule has 2 N–H and O–H groups in total. The van der Waals surface area contributed by atoms with E-state index in [-0.39, 0.29) is 12.0 Å². The van der Waals surface area contributed by atoms with Crippen molar-refractivity contribution < 1.29 is 19.0 Å². The van der Waals surface area contributed by atoms with Crippen LogP contribution in [0.3, 0.4) is 0 Å². The molecule has 2 aliphatic rings. The summed E-state index contributed by atoms with van der Waals surface area (Å²) in [7, 11) is 0. The van der Waals surface area contributed by atoms with Crippen LogP contribution in [0.5, 0.6) is 11.5 Å². The monoisotopic (exact) mass is 393 g/mol. The van der Waals surface area contributed by atoms with Crippen LogP contribution in [0, 0.1) is 0 Å². The summed E-state index contributed by atoms with van der Waals surface area (Å²) in [5.41, 5.74) is 7.63. The highest BCUT2D eigenvalue weighted by atomic mass is 16.6. The van der Waals surface area contributed by atoms with E-state index >= 15 is 0 Å². The lowest BCUT2D eigenvalue weighted by molar-refractivity contribution is -0.0246. The van der Waals surface area contributed by atoms with Crippen LogP contribution < -0.4 is 15.2 Å². The Hall–Kier alpha value is -3.46. The van der Waals surface area contributed by atoms with E-state index in [1.165, 1.54) is 6.33 Å². The maximum atomic E-state index is 13.0. The van der Waals surface area contributed by atoms with E-state index in [2.05, 4.69) is 15.0 Å². The van der Waals surface area contributed by atoms with Crippen molar-refractivity contribution in [2.24, 2.45) is 0 Å². The number of ether oxygens (including phenoxy) is 3. The molecule has 1 saturated heterocycles. The number of hydrogen-bond acceptors (Lipinski definition) is 8. The first-order valence-corrected chi connectivity index (χ1v) is 9.37. The number of hydrogen-bond donors (Lipinski definition) is 1. The second-order valence-corrected chi connectivity index (χ2v) is 6.84. The van der Waals surface area contributed by atoms with Crippen LogP contribution in [0.15, 0.2) is 36.7 Å². The zero-order chi connectivity index (χ0) is 19.8. The first-order chi connectivity index (χ1) is 14.2. The van der Waals surface area contributed by atoms with E-state index in [9.17, 15) is 4.79 Å². The Morgan fingerprint density at radius 3 is 2.83 bits per heavy atom. The molecule has 1 aromatic carbocycles. The largest absolute Gasteiger partial charge is 0.486 e. The van der Waals surface area contributed by atoms with Gasteiger partial charge in [-0.3, -0.25) is 4.79 Å². The molecule has 5 rings (SSSR count). The highest BCUT2D eigenvalue weighted by Crippen LogP contribution is 2.32. The third-order valence-corrected chi connectivity index (χ3v) is 5.02. The topological polar surface area (TPSA) is 113 Å². The lowest BCUT2D eigenvalue weighted by Gasteiger charge is -2.33. The van der Waals surface area contributed by atoms with Gasteiger partial charge in [-0.15, -0.1) is 0 Å². The molecule has 0 aliphatic carbocycles. The molecule has 4 heterocycles. The Balaban J connectivity index is 1.37. The predicted octanol–water partition coefficient (Wildman–Crippen LogP) is 1.59. The first-order valence-electron chi connectivity index (χ1n) is 9.37. The van der Waals surface area contributed by atoms with E-state index in [0.29, 0.717) is 72.5 Å². The molecule has 0 bridgehead atoms. The summed E-state index contributed by atoms with van der Waals surface area (Å²) in [5, 5.41) is 0.691. The number of pyridine rings is 1. The van der Waals surface area contributed by atoms with Gasteiger partial charge in [-0.1, -0.05) is 0 Å². The minimum Gasteiger partial charge on any atom is -0.486 e. The van der Waals surface area contributed by atoms with Gasteiger partial charge in [0.05, 0.1) is 24.2 Å². The highest BCUT2D eigenvalue weighted by molar-refractivity contribution is 5.95. The number of carbonyl (C=O) groups excluding carboxylic acids is 1. The SMILES string of the molecule is Nc1ncnc2nc([C@@H]3CN(C(=O)c4ccc5c(c4)OCCO5)CCO3)ccc12. The standard InChI is InChI=1S/C20H19N5O4/c21-18-13-2-3-14(24-19(13)23-11-22-18)17-10-25(5-6-27-17)20(26)12-1-4-15-16(9-12)29-8-7-28-15/h1-4,9,11,17H,5-8,10H2,(H2,21,22,23,24)/t17-/m0/s1. The molecular formula is C20H19N5O4. The van der Waals surface area contributed by atoms with Crippen LogP contribution in [0.4, 0.5) is 5.82 Å². The minimum atomic E-state index is -0.342. The normalized spacial score (nSPS) is 18.6. The average molecular weight is 393 g/mol. The molecule has 0 radical (unpaired) electrons. The number of morpholine rings is 1. The summed E-state index contributed by atoms with van der Waals surface area (Å²) in [4.78, 5) is 27.5. The molecule has 1 amide bonds. The van der Waals surface area contributed by atoms with E-state index in [1.807, 2.05) is 12.1 Å². The van der Waals surface area contributed by atoms with Gasteiger partial charge in [0.25, 0.3) is 5.91 Å². The second-order valence-electron chi connectivity index (χ2n) is 6.84. The third kappa shape index (κ3) is 3.29. The third-order valence-electron chi connectivity index (χ3n) is 5.02. The summed E-state index contributed by atoms with van der Waals surface area (Å²) >= 11 is 0. The summed E-state index contributed by atoms with van der Waals surface area (Å²) in [6, 6.07) is 8.93. The van der Waals surface area contributed by atoms with Crippen molar-refractivity contribution >= 4 is 22.8 Å². The van der Waals surface area contributed by atoms with Gasteiger partial charge in [0.2, 0.25) is 0 Å². The van der Waals surface area contributed by atoms with Crippen molar-refractivity contribution in [2.75, 3.05) is 38.6 Å². The van der Waals surface area contributed by atoms with Crippen molar-refractivity contribution in [1.82, 2.24) is 19.9 Å². The van der Waals surface area contributed by atoms with E-state index in [0.717, 1.165) is 0 Å². The number of benzene rings is 1. The molecular weight excluding hydrogens is 374 g/mol. The number of rotatable bonds is 2. The fourth-order valence-electron chi connectivity index (χ4n) is 3.53. The predicted molar refractivity (Wildman–Crippen MR) is 104 cm³/mol. The molecule has 1 fully saturated rings. The van der Waals surface area contributed by atoms with Crippen molar-refractivity contribution in [3.05, 3.63) is 47.9 Å². The van der Waals surface area contributed by atoms with Crippen LogP contribution in [-0.4, -0.2) is 58.7 Å². The van der Waals surface area contributed by atoms with Gasteiger partial charge in [-0.25, -0.2) is 15.0 Å². The zero-order valence-corrected chi connectivity index (χ0v) is 15.6. The number of nitrogen functional groups attached to an aromatic ring is 1. The Bertz CT molecular complexity index is 1090. The van der Waals surface area contributed by atoms with Crippen molar-refractivity contribution in [3.8, 4) is 11.5 Å². The molecule has 9 nitrogen and oxygen atoms in total. The maximum absolute atomic E-state index is 13.0. The van der Waals surface area contributed by atoms with Crippen molar-refractivity contribution in [3.63, 3.8) is 0 Å². The molecule has 1 atom stereocenters. The number of nitrogens with zero attached hydrogens (tertiary/aromatic N) is 4. The van der Waals surface area contributed by atoms with Gasteiger partial charge in [0.15, 0.2) is 17.1 Å². The molecule has 0 spiro atoms. The number of aromatic nitrogens is 3. The molecule has 0 saturated carbocycles. The highest BCUT2D eigenvalue weighted by Gasteiger charge is 2.28. The van der Waals surface area contributed by atoms with E-state index in [1.54, 1.807) is 23.1 Å². The van der Waals surface area contributed by atoms with Gasteiger partial charge in [-0.2, -0.15) is 0 Å². The number of fused-ring (bicyclic) bond motifs is 2. The average Bonchev–Trinajstić information content (AvgIpc) is 2.78. The van der Waals surface area contributed by atoms with Gasteiger partial charge < -0.3 is 24.8 Å². The molecule has 29 heavy (non-hydrogen) atoms. The van der Waals surface area contributed by atoms with Crippen LogP contribution in [-0.2, 0) is 4.74 Å². The fraction of sp³-hybridized carbons (Fsp3) is 0.300. The Morgan fingerprint density at radius 1 is 1.07 bits per heavy atom. The number of carbonyl (C=O) groups is 1. The molecule has 2 aliphatic heterocycles. The fourth-order valence-corrected chi connectivity index (χ4v) is 3.53. The lowest BCUT2D eigenvalue weighted by Crippen LogP contribution is -2.42. The van der Waals surface area contributed by atoms with E-state index in [4.69, 9.17) is 19.9 Å².